The fourth-order valence-corrected chi connectivity index (χ4v) is 6.37. The van der Waals surface area contributed by atoms with Crippen molar-refractivity contribution in [3.63, 3.8) is 0 Å². The molecule has 7 rings (SSSR count). The normalized spacial score (nSPS) is 31.0. The first-order chi connectivity index (χ1) is 13.7. The van der Waals surface area contributed by atoms with Gasteiger partial charge in [-0.3, -0.25) is 4.90 Å². The molecule has 1 aromatic carbocycles. The quantitative estimate of drug-likeness (QED) is 0.719. The molecule has 144 valence electrons. The summed E-state index contributed by atoms with van der Waals surface area (Å²) >= 11 is 0. The van der Waals surface area contributed by atoms with E-state index in [1.165, 1.54) is 54.5 Å². The zero-order valence-electron chi connectivity index (χ0n) is 16.2. The van der Waals surface area contributed by atoms with Gasteiger partial charge in [-0.15, -0.1) is 0 Å². The van der Waals surface area contributed by atoms with E-state index in [-0.39, 0.29) is 5.69 Å². The highest BCUT2D eigenvalue weighted by Gasteiger charge is 2.48. The summed E-state index contributed by atoms with van der Waals surface area (Å²) in [5.74, 6) is 2.36. The zero-order chi connectivity index (χ0) is 18.8. The van der Waals surface area contributed by atoms with Crippen LogP contribution in [0.2, 0.25) is 0 Å². The van der Waals surface area contributed by atoms with Crippen molar-refractivity contribution in [3.8, 4) is 11.1 Å². The highest BCUT2D eigenvalue weighted by Crippen LogP contribution is 2.51. The number of hydrogen-bond donors (Lipinski definition) is 2. The van der Waals surface area contributed by atoms with Crippen LogP contribution in [-0.2, 0) is 6.42 Å². The Labute approximate surface area is 164 Å². The Morgan fingerprint density at radius 3 is 3.00 bits per heavy atom. The van der Waals surface area contributed by atoms with Gasteiger partial charge in [0.05, 0.1) is 0 Å². The van der Waals surface area contributed by atoms with Crippen molar-refractivity contribution >= 4 is 10.9 Å². The maximum atomic E-state index is 11.3. The summed E-state index contributed by atoms with van der Waals surface area (Å²) in [4.78, 5) is 24.5. The van der Waals surface area contributed by atoms with E-state index in [0.29, 0.717) is 12.0 Å². The molecule has 2 N–H and O–H groups in total. The number of fused-ring (bicyclic) bond motifs is 4. The number of hydrogen-bond acceptors (Lipinski definition) is 3. The van der Waals surface area contributed by atoms with Crippen LogP contribution >= 0.6 is 0 Å². The topological polar surface area (TPSA) is 64.8 Å². The summed E-state index contributed by atoms with van der Waals surface area (Å²) in [5, 5.41) is 1.34. The Bertz CT molecular complexity index is 1090. The number of nitrogens with zero attached hydrogens (tertiary/aromatic N) is 2. The molecule has 5 heteroatoms. The lowest BCUT2D eigenvalue weighted by Crippen LogP contribution is -2.56. The summed E-state index contributed by atoms with van der Waals surface area (Å²) in [6.07, 6.45) is 8.60. The van der Waals surface area contributed by atoms with E-state index in [4.69, 9.17) is 0 Å². The van der Waals surface area contributed by atoms with Crippen molar-refractivity contribution in [2.75, 3.05) is 13.1 Å². The highest BCUT2D eigenvalue weighted by molar-refractivity contribution is 5.89. The number of rotatable bonds is 2. The number of H-pyrrole nitrogens is 2. The van der Waals surface area contributed by atoms with Gasteiger partial charge in [0.1, 0.15) is 0 Å². The summed E-state index contributed by atoms with van der Waals surface area (Å²) in [5.41, 5.74) is 6.03. The average molecular weight is 374 g/mol. The second-order valence-corrected chi connectivity index (χ2v) is 8.93. The maximum Gasteiger partial charge on any atom is 0.344 e. The number of piperidine rings is 2. The van der Waals surface area contributed by atoms with Crippen LogP contribution in [0.5, 0.6) is 0 Å². The van der Waals surface area contributed by atoms with Gasteiger partial charge in [0.2, 0.25) is 0 Å². The molecule has 5 atom stereocenters. The van der Waals surface area contributed by atoms with Crippen molar-refractivity contribution in [3.05, 3.63) is 52.3 Å². The predicted molar refractivity (Wildman–Crippen MR) is 110 cm³/mol. The van der Waals surface area contributed by atoms with Gasteiger partial charge in [-0.05, 0) is 54.4 Å². The van der Waals surface area contributed by atoms with E-state index in [9.17, 15) is 4.79 Å². The van der Waals surface area contributed by atoms with E-state index in [1.54, 1.807) is 12.4 Å². The van der Waals surface area contributed by atoms with E-state index >= 15 is 0 Å². The van der Waals surface area contributed by atoms with Crippen LogP contribution in [0.1, 0.15) is 43.4 Å². The van der Waals surface area contributed by atoms with Gasteiger partial charge in [-0.1, -0.05) is 19.4 Å². The van der Waals surface area contributed by atoms with Gasteiger partial charge in [0.15, 0.2) is 0 Å². The molecule has 3 aliphatic heterocycles. The van der Waals surface area contributed by atoms with E-state index in [0.717, 1.165) is 29.4 Å². The second-order valence-electron chi connectivity index (χ2n) is 8.93. The molecular weight excluding hydrogens is 348 g/mol. The molecule has 3 aromatic rings. The number of aromatic amines is 2. The van der Waals surface area contributed by atoms with Crippen LogP contribution in [0.25, 0.3) is 22.0 Å². The first-order valence-corrected chi connectivity index (χ1v) is 10.6. The van der Waals surface area contributed by atoms with Crippen LogP contribution in [0.15, 0.2) is 35.4 Å². The summed E-state index contributed by atoms with van der Waals surface area (Å²) < 4.78 is 0. The lowest BCUT2D eigenvalue weighted by atomic mass is 9.65. The molecule has 4 aliphatic rings. The Morgan fingerprint density at radius 1 is 1.25 bits per heavy atom. The minimum atomic E-state index is -0.304. The Balaban J connectivity index is 1.48. The van der Waals surface area contributed by atoms with E-state index < -0.39 is 0 Å². The molecule has 5 nitrogen and oxygen atoms in total. The molecule has 0 radical (unpaired) electrons. The van der Waals surface area contributed by atoms with Crippen molar-refractivity contribution in [1.29, 1.82) is 0 Å². The van der Waals surface area contributed by atoms with Crippen LogP contribution < -0.4 is 5.69 Å². The Morgan fingerprint density at radius 2 is 2.18 bits per heavy atom. The van der Waals surface area contributed by atoms with Crippen LogP contribution in [0.3, 0.4) is 0 Å². The molecule has 1 aliphatic carbocycles. The minimum absolute atomic E-state index is 0.304. The minimum Gasteiger partial charge on any atom is -0.358 e. The highest BCUT2D eigenvalue weighted by atomic mass is 16.1. The molecule has 0 amide bonds. The fraction of sp³-hybridized carbons (Fsp3) is 0.478. The number of benzene rings is 1. The SMILES string of the molecule is CCC1CC2CC3c4[nH]c5ccc(-c6cnc(=O)[nH]c6)cc5c4CCN(C2)C13. The Kier molecular flexibility index (Phi) is 3.57. The average Bonchev–Trinajstić information content (AvgIpc) is 3.05. The third-order valence-electron chi connectivity index (χ3n) is 7.52. The first kappa shape index (κ1) is 16.5. The van der Waals surface area contributed by atoms with Gasteiger partial charge in [-0.25, -0.2) is 9.78 Å². The molecule has 3 fully saturated rings. The van der Waals surface area contributed by atoms with Crippen molar-refractivity contribution in [1.82, 2.24) is 19.9 Å². The molecule has 2 aromatic heterocycles. The van der Waals surface area contributed by atoms with Crippen molar-refractivity contribution < 1.29 is 0 Å². The molecule has 1 saturated carbocycles. The van der Waals surface area contributed by atoms with E-state index in [1.807, 2.05) is 0 Å². The fourth-order valence-electron chi connectivity index (χ4n) is 6.37. The van der Waals surface area contributed by atoms with Crippen LogP contribution in [0.4, 0.5) is 0 Å². The van der Waals surface area contributed by atoms with Gasteiger partial charge in [0, 0.05) is 59.6 Å². The van der Waals surface area contributed by atoms with Crippen molar-refractivity contribution in [2.24, 2.45) is 11.8 Å². The molecule has 0 spiro atoms. The first-order valence-electron chi connectivity index (χ1n) is 10.6. The van der Waals surface area contributed by atoms with E-state index in [2.05, 4.69) is 45.0 Å². The van der Waals surface area contributed by atoms with Gasteiger partial charge in [0.25, 0.3) is 0 Å². The maximum absolute atomic E-state index is 11.3. The predicted octanol–water partition coefficient (Wildman–Crippen LogP) is 3.68. The molecule has 28 heavy (non-hydrogen) atoms. The Hall–Kier alpha value is -2.40. The summed E-state index contributed by atoms with van der Waals surface area (Å²) in [6.45, 7) is 4.85. The molecule has 4 bridgehead atoms. The summed E-state index contributed by atoms with van der Waals surface area (Å²) in [7, 11) is 0. The third-order valence-corrected chi connectivity index (χ3v) is 7.52. The lowest BCUT2D eigenvalue weighted by Gasteiger charge is -2.53. The number of nitrogens with one attached hydrogen (secondary N) is 2. The smallest absolute Gasteiger partial charge is 0.344 e. The van der Waals surface area contributed by atoms with Gasteiger partial charge in [-0.2, -0.15) is 0 Å². The van der Waals surface area contributed by atoms with Crippen LogP contribution in [-0.4, -0.2) is 39.0 Å². The lowest BCUT2D eigenvalue weighted by molar-refractivity contribution is -0.0134. The largest absolute Gasteiger partial charge is 0.358 e. The number of aromatic nitrogens is 3. The molecule has 5 heterocycles. The van der Waals surface area contributed by atoms with Gasteiger partial charge >= 0.3 is 5.69 Å². The monoisotopic (exact) mass is 374 g/mol. The molecular formula is C23H26N4O. The van der Waals surface area contributed by atoms with Crippen molar-refractivity contribution in [2.45, 2.75) is 44.6 Å². The standard InChI is InChI=1S/C23H26N4O/c1-2-14-7-13-8-19-21-17(5-6-27(12-13)22(14)19)18-9-15(3-4-20(18)26-21)16-10-24-23(28)25-11-16/h3-4,9-11,13-14,19,22,26H,2,5-8,12H2,1H3,(H,24,25,28). The molecule has 2 saturated heterocycles. The zero-order valence-corrected chi connectivity index (χ0v) is 16.2. The third kappa shape index (κ3) is 2.35. The van der Waals surface area contributed by atoms with Crippen LogP contribution in [0, 0.1) is 11.8 Å². The molecule has 5 unspecified atom stereocenters. The van der Waals surface area contributed by atoms with Gasteiger partial charge < -0.3 is 9.97 Å². The summed E-state index contributed by atoms with van der Waals surface area (Å²) in [6, 6.07) is 7.31. The second kappa shape index (κ2) is 6.05.